The fourth-order valence-corrected chi connectivity index (χ4v) is 6.73. The van der Waals surface area contributed by atoms with E-state index in [1.165, 1.54) is 11.3 Å². The molecule has 3 aliphatic heterocycles. The maximum Gasteiger partial charge on any atom is 0.308 e. The molecule has 6 nitrogen and oxygen atoms in total. The predicted molar refractivity (Wildman–Crippen MR) is 104 cm³/mol. The van der Waals surface area contributed by atoms with E-state index >= 15 is 0 Å². The molecule has 1 fully saturated rings. The van der Waals surface area contributed by atoms with E-state index in [1.807, 2.05) is 18.2 Å². The lowest BCUT2D eigenvalue weighted by Crippen LogP contribution is -2.43. The number of hydrogen-bond donors (Lipinski definition) is 0. The molecule has 3 aliphatic rings. The molecule has 2 aromatic rings. The number of hydrogen-bond acceptors (Lipinski definition) is 6. The third-order valence-electron chi connectivity index (χ3n) is 5.43. The first-order chi connectivity index (χ1) is 13.2. The van der Waals surface area contributed by atoms with Crippen LogP contribution in [0.5, 0.6) is 5.75 Å². The maximum absolute atomic E-state index is 12.8. The largest absolute Gasteiger partial charge is 0.493 e. The Morgan fingerprint density at radius 3 is 2.89 bits per heavy atom. The molecule has 1 amide bonds. The second kappa shape index (κ2) is 7.00. The molecule has 1 aromatic heterocycles. The summed E-state index contributed by atoms with van der Waals surface area (Å²) in [5.41, 5.74) is 1.16. The van der Waals surface area contributed by atoms with E-state index in [9.17, 15) is 9.59 Å². The zero-order valence-corrected chi connectivity index (χ0v) is 16.4. The first-order valence-electron chi connectivity index (χ1n) is 9.16. The molecule has 0 spiro atoms. The molecular formula is C19H20N2O4S2. The number of fused-ring (bicyclic) bond motifs is 5. The Morgan fingerprint density at radius 2 is 2.04 bits per heavy atom. The first-order valence-corrected chi connectivity index (χ1v) is 11.0. The zero-order chi connectivity index (χ0) is 18.4. The highest BCUT2D eigenvalue weighted by Crippen LogP contribution is 2.50. The Labute approximate surface area is 165 Å². The minimum atomic E-state index is -0.0428. The molecule has 27 heavy (non-hydrogen) atoms. The molecule has 5 rings (SSSR count). The third-order valence-corrected chi connectivity index (χ3v) is 7.93. The fraction of sp³-hybridized carbons (Fsp3) is 0.474. The first kappa shape index (κ1) is 17.3. The summed E-state index contributed by atoms with van der Waals surface area (Å²) in [5, 5.41) is 0.963. The number of amides is 1. The quantitative estimate of drug-likeness (QED) is 0.766. The van der Waals surface area contributed by atoms with Crippen LogP contribution in [0.4, 0.5) is 0 Å². The van der Waals surface area contributed by atoms with Crippen LogP contribution in [0.1, 0.15) is 16.4 Å². The van der Waals surface area contributed by atoms with Gasteiger partial charge in [0.1, 0.15) is 12.3 Å². The van der Waals surface area contributed by atoms with Gasteiger partial charge in [-0.15, -0.1) is 11.8 Å². The van der Waals surface area contributed by atoms with E-state index in [-0.39, 0.29) is 23.2 Å². The summed E-state index contributed by atoms with van der Waals surface area (Å²) in [7, 11) is 0. The van der Waals surface area contributed by atoms with Crippen molar-refractivity contribution < 1.29 is 14.3 Å². The SMILES string of the molecule is O=C(Cn1c2c(sc1=O)[C@@H]1c3ccccc3OC[C@@H]1CS2)N1CCOCC1. The number of carbonyl (C=O) groups is 1. The lowest BCUT2D eigenvalue weighted by molar-refractivity contribution is -0.136. The van der Waals surface area contributed by atoms with Crippen LogP contribution >= 0.6 is 23.1 Å². The summed E-state index contributed by atoms with van der Waals surface area (Å²) in [6.07, 6.45) is 0. The molecule has 0 saturated carbocycles. The summed E-state index contributed by atoms with van der Waals surface area (Å²) < 4.78 is 12.9. The van der Waals surface area contributed by atoms with Crippen molar-refractivity contribution in [3.63, 3.8) is 0 Å². The molecule has 2 atom stereocenters. The van der Waals surface area contributed by atoms with E-state index in [0.29, 0.717) is 38.8 Å². The van der Waals surface area contributed by atoms with Gasteiger partial charge in [-0.05, 0) is 6.07 Å². The number of ether oxygens (including phenoxy) is 2. The van der Waals surface area contributed by atoms with Crippen LogP contribution in [0.2, 0.25) is 0 Å². The number of thioether (sulfide) groups is 1. The lowest BCUT2D eigenvalue weighted by Gasteiger charge is -2.36. The Kier molecular flexibility index (Phi) is 4.49. The van der Waals surface area contributed by atoms with Gasteiger partial charge < -0.3 is 14.4 Å². The van der Waals surface area contributed by atoms with Gasteiger partial charge in [0.05, 0.1) is 24.8 Å². The summed E-state index contributed by atoms with van der Waals surface area (Å²) in [5.74, 6) is 2.35. The average Bonchev–Trinajstić information content (AvgIpc) is 3.03. The molecule has 1 aromatic carbocycles. The van der Waals surface area contributed by atoms with Gasteiger partial charge in [-0.2, -0.15) is 0 Å². The molecule has 1 saturated heterocycles. The smallest absolute Gasteiger partial charge is 0.308 e. The number of morpholine rings is 1. The van der Waals surface area contributed by atoms with E-state index in [4.69, 9.17) is 9.47 Å². The minimum absolute atomic E-state index is 0.00361. The van der Waals surface area contributed by atoms with Gasteiger partial charge >= 0.3 is 4.87 Å². The standard InChI is InChI=1S/C19H20N2O4S2/c22-15(20-5-7-24-8-6-20)9-21-18-17(27-19(21)23)16-12(11-26-18)10-25-14-4-2-1-3-13(14)16/h1-4,12,16H,5-11H2/t12-,16+/m1/s1. The third kappa shape index (κ3) is 2.99. The van der Waals surface area contributed by atoms with Crippen molar-refractivity contribution in [1.82, 2.24) is 9.47 Å². The van der Waals surface area contributed by atoms with Gasteiger partial charge in [0, 0.05) is 41.1 Å². The summed E-state index contributed by atoms with van der Waals surface area (Å²) in [6.45, 7) is 3.13. The number of nitrogens with zero attached hydrogens (tertiary/aromatic N) is 2. The van der Waals surface area contributed by atoms with Gasteiger partial charge in [-0.25, -0.2) is 0 Å². The van der Waals surface area contributed by atoms with Crippen LogP contribution in [-0.2, 0) is 16.1 Å². The zero-order valence-electron chi connectivity index (χ0n) is 14.8. The topological polar surface area (TPSA) is 60.8 Å². The van der Waals surface area contributed by atoms with Gasteiger partial charge in [0.2, 0.25) is 5.91 Å². The highest BCUT2D eigenvalue weighted by atomic mass is 32.2. The molecule has 4 heterocycles. The lowest BCUT2D eigenvalue weighted by atomic mass is 9.84. The normalized spacial score (nSPS) is 23.8. The minimum Gasteiger partial charge on any atom is -0.493 e. The highest BCUT2D eigenvalue weighted by Gasteiger charge is 2.40. The Balaban J connectivity index is 1.49. The van der Waals surface area contributed by atoms with E-state index in [1.54, 1.807) is 21.2 Å². The Hall–Kier alpha value is -1.77. The predicted octanol–water partition coefficient (Wildman–Crippen LogP) is 2.01. The van der Waals surface area contributed by atoms with Crippen molar-refractivity contribution in [3.05, 3.63) is 44.4 Å². The molecular weight excluding hydrogens is 384 g/mol. The summed E-state index contributed by atoms with van der Waals surface area (Å²) in [4.78, 5) is 28.3. The Bertz CT molecular complexity index is 932. The summed E-state index contributed by atoms with van der Waals surface area (Å²) >= 11 is 2.97. The van der Waals surface area contributed by atoms with Crippen molar-refractivity contribution in [2.75, 3.05) is 38.7 Å². The molecule has 0 bridgehead atoms. The van der Waals surface area contributed by atoms with Crippen LogP contribution in [0, 0.1) is 5.92 Å². The molecule has 142 valence electrons. The highest BCUT2D eigenvalue weighted by molar-refractivity contribution is 7.99. The van der Waals surface area contributed by atoms with Crippen molar-refractivity contribution in [1.29, 1.82) is 0 Å². The molecule has 0 aliphatic carbocycles. The molecule has 8 heteroatoms. The van der Waals surface area contributed by atoms with Crippen molar-refractivity contribution in [2.24, 2.45) is 5.92 Å². The van der Waals surface area contributed by atoms with Crippen LogP contribution in [0.15, 0.2) is 34.1 Å². The van der Waals surface area contributed by atoms with Crippen molar-refractivity contribution >= 4 is 29.0 Å². The molecule has 0 radical (unpaired) electrons. The second-order valence-corrected chi connectivity index (χ2v) is 9.02. The van der Waals surface area contributed by atoms with Crippen molar-refractivity contribution in [3.8, 4) is 5.75 Å². The monoisotopic (exact) mass is 404 g/mol. The summed E-state index contributed by atoms with van der Waals surface area (Å²) in [6, 6.07) is 8.09. The van der Waals surface area contributed by atoms with Gasteiger partial charge in [0.15, 0.2) is 0 Å². The van der Waals surface area contributed by atoms with Crippen LogP contribution in [0.3, 0.4) is 0 Å². The second-order valence-electron chi connectivity index (χ2n) is 7.01. The van der Waals surface area contributed by atoms with Gasteiger partial charge in [-0.1, -0.05) is 29.5 Å². The number of carbonyl (C=O) groups excluding carboxylic acids is 1. The number of para-hydroxylation sites is 1. The fourth-order valence-electron chi connectivity index (χ4n) is 4.04. The van der Waals surface area contributed by atoms with Crippen LogP contribution in [-0.4, -0.2) is 54.0 Å². The van der Waals surface area contributed by atoms with E-state index in [0.717, 1.165) is 27.0 Å². The van der Waals surface area contributed by atoms with E-state index < -0.39 is 0 Å². The maximum atomic E-state index is 12.8. The number of rotatable bonds is 2. The van der Waals surface area contributed by atoms with Gasteiger partial charge in [0.25, 0.3) is 0 Å². The Morgan fingerprint density at radius 1 is 1.22 bits per heavy atom. The molecule has 0 unspecified atom stereocenters. The molecule has 0 N–H and O–H groups in total. The number of thiazole rings is 1. The average molecular weight is 405 g/mol. The number of aromatic nitrogens is 1. The van der Waals surface area contributed by atoms with Gasteiger partial charge in [-0.3, -0.25) is 14.2 Å². The number of benzene rings is 1. The van der Waals surface area contributed by atoms with Crippen LogP contribution in [0.25, 0.3) is 0 Å². The van der Waals surface area contributed by atoms with Crippen LogP contribution < -0.4 is 9.61 Å². The van der Waals surface area contributed by atoms with E-state index in [2.05, 4.69) is 6.07 Å². The van der Waals surface area contributed by atoms with Crippen molar-refractivity contribution in [2.45, 2.75) is 17.5 Å².